The lowest BCUT2D eigenvalue weighted by Gasteiger charge is -2.13. The van der Waals surface area contributed by atoms with Gasteiger partial charge in [0, 0.05) is 6.67 Å². The van der Waals surface area contributed by atoms with Crippen LogP contribution in [0.5, 0.6) is 11.5 Å². The average Bonchev–Trinajstić information content (AvgIpc) is 2.22. The number of aliphatic carboxylic acids is 1. The summed E-state index contributed by atoms with van der Waals surface area (Å²) in [5.74, 6) is -1.52. The predicted octanol–water partition coefficient (Wildman–Crippen LogP) is -0.401. The molecule has 0 aliphatic rings. The molecular formula is C10H14N2O4. The lowest BCUT2D eigenvalue weighted by Crippen LogP contribution is -2.41. The van der Waals surface area contributed by atoms with E-state index in [0.29, 0.717) is 5.56 Å². The first-order valence-corrected chi connectivity index (χ1v) is 4.71. The summed E-state index contributed by atoms with van der Waals surface area (Å²) < 4.78 is 0. The summed E-state index contributed by atoms with van der Waals surface area (Å²) in [7, 11) is 0. The van der Waals surface area contributed by atoms with Crippen LogP contribution in [0.1, 0.15) is 5.56 Å². The van der Waals surface area contributed by atoms with Gasteiger partial charge in [-0.25, -0.2) is 0 Å². The first-order valence-electron chi connectivity index (χ1n) is 4.71. The van der Waals surface area contributed by atoms with Crippen molar-refractivity contribution in [3.63, 3.8) is 0 Å². The molecule has 6 nitrogen and oxygen atoms in total. The van der Waals surface area contributed by atoms with Gasteiger partial charge in [-0.05, 0) is 24.1 Å². The molecule has 0 bridgehead atoms. The van der Waals surface area contributed by atoms with Crippen LogP contribution >= 0.6 is 0 Å². The second kappa shape index (κ2) is 5.34. The molecule has 0 fully saturated rings. The standard InChI is InChI=1S/C10H14N2O4/c11-5-12-7(10(15)16)3-6-1-2-8(13)9(14)4-6/h1-2,4,7,12-14H,3,5,11H2,(H,15,16)/t7-/m0/s1. The summed E-state index contributed by atoms with van der Waals surface area (Å²) >= 11 is 0. The van der Waals surface area contributed by atoms with Gasteiger partial charge >= 0.3 is 5.97 Å². The molecule has 0 aliphatic heterocycles. The van der Waals surface area contributed by atoms with Gasteiger partial charge in [0.2, 0.25) is 0 Å². The van der Waals surface area contributed by atoms with Crippen molar-refractivity contribution in [3.8, 4) is 11.5 Å². The Labute approximate surface area is 92.3 Å². The van der Waals surface area contributed by atoms with Crippen molar-refractivity contribution in [1.29, 1.82) is 0 Å². The number of phenolic OH excluding ortho intramolecular Hbond substituents is 2. The van der Waals surface area contributed by atoms with E-state index in [4.69, 9.17) is 15.9 Å². The lowest BCUT2D eigenvalue weighted by molar-refractivity contribution is -0.139. The molecule has 0 amide bonds. The maximum atomic E-state index is 10.8. The lowest BCUT2D eigenvalue weighted by atomic mass is 10.1. The summed E-state index contributed by atoms with van der Waals surface area (Å²) in [5, 5.41) is 29.8. The van der Waals surface area contributed by atoms with Crippen LogP contribution in [-0.2, 0) is 11.2 Å². The minimum absolute atomic E-state index is 0.0566. The first-order chi connectivity index (χ1) is 7.54. The fraction of sp³-hybridized carbons (Fsp3) is 0.300. The van der Waals surface area contributed by atoms with Gasteiger partial charge in [-0.15, -0.1) is 0 Å². The molecule has 1 aromatic carbocycles. The highest BCUT2D eigenvalue weighted by Crippen LogP contribution is 2.25. The van der Waals surface area contributed by atoms with Crippen LogP contribution in [0.3, 0.4) is 0 Å². The molecule has 0 spiro atoms. The van der Waals surface area contributed by atoms with Crippen molar-refractivity contribution in [1.82, 2.24) is 5.32 Å². The smallest absolute Gasteiger partial charge is 0.321 e. The normalized spacial score (nSPS) is 12.3. The predicted molar refractivity (Wildman–Crippen MR) is 57.1 cm³/mol. The van der Waals surface area contributed by atoms with Gasteiger partial charge < -0.3 is 21.1 Å². The highest BCUT2D eigenvalue weighted by molar-refractivity contribution is 5.74. The minimum Gasteiger partial charge on any atom is -0.504 e. The zero-order chi connectivity index (χ0) is 12.1. The third kappa shape index (κ3) is 3.11. The number of nitrogens with two attached hydrogens (primary N) is 1. The highest BCUT2D eigenvalue weighted by Gasteiger charge is 2.16. The van der Waals surface area contributed by atoms with Crippen LogP contribution < -0.4 is 11.1 Å². The molecular weight excluding hydrogens is 212 g/mol. The molecule has 6 N–H and O–H groups in total. The molecule has 0 unspecified atom stereocenters. The molecule has 88 valence electrons. The molecule has 1 atom stereocenters. The van der Waals surface area contributed by atoms with Crippen molar-refractivity contribution in [3.05, 3.63) is 23.8 Å². The number of rotatable bonds is 5. The quantitative estimate of drug-likeness (QED) is 0.344. The Morgan fingerprint density at radius 2 is 2.06 bits per heavy atom. The summed E-state index contributed by atoms with van der Waals surface area (Å²) in [6.07, 6.45) is 0.181. The molecule has 16 heavy (non-hydrogen) atoms. The molecule has 0 aliphatic carbocycles. The largest absolute Gasteiger partial charge is 0.504 e. The van der Waals surface area contributed by atoms with E-state index in [9.17, 15) is 9.90 Å². The van der Waals surface area contributed by atoms with Crippen molar-refractivity contribution >= 4 is 5.97 Å². The second-order valence-electron chi connectivity index (χ2n) is 3.33. The van der Waals surface area contributed by atoms with Crippen molar-refractivity contribution in [2.45, 2.75) is 12.5 Å². The molecule has 1 rings (SSSR count). The van der Waals surface area contributed by atoms with Crippen LogP contribution in [0.4, 0.5) is 0 Å². The Kier molecular flexibility index (Phi) is 4.10. The summed E-state index contributed by atoms with van der Waals surface area (Å²) in [5.41, 5.74) is 5.81. The third-order valence-corrected chi connectivity index (χ3v) is 2.14. The second-order valence-corrected chi connectivity index (χ2v) is 3.33. The number of carboxylic acid groups (broad SMARTS) is 1. The SMILES string of the molecule is NCN[C@@H](Cc1ccc(O)c(O)c1)C(=O)O. The zero-order valence-electron chi connectivity index (χ0n) is 8.55. The van der Waals surface area contributed by atoms with E-state index in [-0.39, 0.29) is 24.6 Å². The van der Waals surface area contributed by atoms with E-state index in [1.165, 1.54) is 12.1 Å². The number of nitrogens with one attached hydrogen (secondary N) is 1. The van der Waals surface area contributed by atoms with E-state index in [0.717, 1.165) is 0 Å². The molecule has 0 saturated heterocycles. The van der Waals surface area contributed by atoms with Gasteiger partial charge in [0.25, 0.3) is 0 Å². The van der Waals surface area contributed by atoms with Gasteiger partial charge in [-0.3, -0.25) is 10.1 Å². The van der Waals surface area contributed by atoms with E-state index in [2.05, 4.69) is 5.32 Å². The Hall–Kier alpha value is -1.79. The van der Waals surface area contributed by atoms with E-state index in [1.807, 2.05) is 0 Å². The number of hydrogen-bond acceptors (Lipinski definition) is 5. The number of carbonyl (C=O) groups is 1. The van der Waals surface area contributed by atoms with Gasteiger partial charge in [0.1, 0.15) is 6.04 Å². The van der Waals surface area contributed by atoms with Crippen LogP contribution in [0.2, 0.25) is 0 Å². The average molecular weight is 226 g/mol. The monoisotopic (exact) mass is 226 g/mol. The van der Waals surface area contributed by atoms with Crippen molar-refractivity contribution in [2.24, 2.45) is 5.73 Å². The topological polar surface area (TPSA) is 116 Å². The zero-order valence-corrected chi connectivity index (χ0v) is 8.55. The Morgan fingerprint density at radius 3 is 2.56 bits per heavy atom. The van der Waals surface area contributed by atoms with E-state index < -0.39 is 12.0 Å². The third-order valence-electron chi connectivity index (χ3n) is 2.14. The van der Waals surface area contributed by atoms with Gasteiger partial charge in [-0.2, -0.15) is 0 Å². The summed E-state index contributed by atoms with van der Waals surface area (Å²) in [6, 6.07) is 3.37. The first kappa shape index (κ1) is 12.3. The fourth-order valence-corrected chi connectivity index (χ4v) is 1.32. The van der Waals surface area contributed by atoms with E-state index >= 15 is 0 Å². The van der Waals surface area contributed by atoms with Crippen LogP contribution in [0, 0.1) is 0 Å². The van der Waals surface area contributed by atoms with Gasteiger partial charge in [0.15, 0.2) is 11.5 Å². The Balaban J connectivity index is 2.77. The maximum Gasteiger partial charge on any atom is 0.321 e. The maximum absolute atomic E-state index is 10.8. The molecule has 0 heterocycles. The van der Waals surface area contributed by atoms with Crippen LogP contribution in [0.15, 0.2) is 18.2 Å². The number of aromatic hydroxyl groups is 2. The van der Waals surface area contributed by atoms with Crippen molar-refractivity contribution in [2.75, 3.05) is 6.67 Å². The number of phenols is 2. The molecule has 6 heteroatoms. The minimum atomic E-state index is -1.02. The van der Waals surface area contributed by atoms with Crippen LogP contribution in [-0.4, -0.2) is 34.0 Å². The Morgan fingerprint density at radius 1 is 1.38 bits per heavy atom. The summed E-state index contributed by atoms with van der Waals surface area (Å²) in [6.45, 7) is 0.0566. The van der Waals surface area contributed by atoms with E-state index in [1.54, 1.807) is 6.07 Å². The molecule has 0 saturated carbocycles. The number of carboxylic acids is 1. The number of hydrogen-bond donors (Lipinski definition) is 5. The summed E-state index contributed by atoms with van der Waals surface area (Å²) in [4.78, 5) is 10.8. The molecule has 0 radical (unpaired) electrons. The molecule has 1 aromatic rings. The van der Waals surface area contributed by atoms with Crippen molar-refractivity contribution < 1.29 is 20.1 Å². The highest BCUT2D eigenvalue weighted by atomic mass is 16.4. The fourth-order valence-electron chi connectivity index (χ4n) is 1.32. The van der Waals surface area contributed by atoms with Crippen LogP contribution in [0.25, 0.3) is 0 Å². The molecule has 0 aromatic heterocycles. The number of benzene rings is 1. The Bertz CT molecular complexity index is 381. The van der Waals surface area contributed by atoms with Gasteiger partial charge in [0.05, 0.1) is 0 Å². The van der Waals surface area contributed by atoms with Gasteiger partial charge in [-0.1, -0.05) is 6.07 Å².